The Hall–Kier alpha value is -3.62. The molecule has 3 aromatic rings. The summed E-state index contributed by atoms with van der Waals surface area (Å²) in [5, 5.41) is 11.2. The maximum Gasteiger partial charge on any atom is 0.252 e. The van der Waals surface area contributed by atoms with Crippen LogP contribution in [0.1, 0.15) is 22.5 Å². The lowest BCUT2D eigenvalue weighted by Crippen LogP contribution is -2.14. The van der Waals surface area contributed by atoms with E-state index in [0.29, 0.717) is 29.4 Å². The van der Waals surface area contributed by atoms with Gasteiger partial charge in [-0.05, 0) is 48.9 Å². The molecule has 1 aromatic carbocycles. The number of hydrogen-bond donors (Lipinski definition) is 2. The van der Waals surface area contributed by atoms with Crippen molar-refractivity contribution in [3.63, 3.8) is 0 Å². The Bertz CT molecular complexity index is 1010. The molecule has 3 N–H and O–H groups in total. The third-order valence-electron chi connectivity index (χ3n) is 4.44. The van der Waals surface area contributed by atoms with Crippen LogP contribution in [0.15, 0.2) is 48.7 Å². The Labute approximate surface area is 172 Å². The van der Waals surface area contributed by atoms with Crippen molar-refractivity contribution in [2.45, 2.75) is 19.0 Å². The molecule has 0 spiro atoms. The number of amides is 1. The monoisotopic (exact) mass is 413 g/mol. The molecule has 0 bridgehead atoms. The van der Waals surface area contributed by atoms with Gasteiger partial charge in [0, 0.05) is 24.7 Å². The standard InChI is InChI=1S/C21H21F2N5O2/c1-30-19-6-4-13(11-15(19)21(24)29)17-5-7-20(28-27-17)26-10-8-14(22)12-18-16(23)3-2-9-25-18/h2-7,9,11,14H,8,10,12H2,1H3,(H2,24,29)(H,26,28)/t14-/m0/s1. The number of rotatable bonds is 9. The summed E-state index contributed by atoms with van der Waals surface area (Å²) < 4.78 is 32.7. The van der Waals surface area contributed by atoms with Crippen LogP contribution in [0.2, 0.25) is 0 Å². The molecule has 2 heterocycles. The Kier molecular flexibility index (Phi) is 6.84. The zero-order valence-corrected chi connectivity index (χ0v) is 16.3. The zero-order valence-electron chi connectivity index (χ0n) is 16.3. The molecule has 0 saturated carbocycles. The van der Waals surface area contributed by atoms with Gasteiger partial charge in [0.1, 0.15) is 23.6 Å². The number of anilines is 1. The van der Waals surface area contributed by atoms with Gasteiger partial charge in [-0.15, -0.1) is 10.2 Å². The van der Waals surface area contributed by atoms with Crippen molar-refractivity contribution >= 4 is 11.7 Å². The number of hydrogen-bond acceptors (Lipinski definition) is 6. The molecule has 1 amide bonds. The van der Waals surface area contributed by atoms with Crippen LogP contribution >= 0.6 is 0 Å². The second-order valence-electron chi connectivity index (χ2n) is 6.53. The van der Waals surface area contributed by atoms with Gasteiger partial charge >= 0.3 is 0 Å². The van der Waals surface area contributed by atoms with Crippen molar-refractivity contribution in [3.05, 3.63) is 65.7 Å². The fourth-order valence-corrected chi connectivity index (χ4v) is 2.88. The smallest absolute Gasteiger partial charge is 0.252 e. The number of primary amides is 1. The predicted octanol–water partition coefficient (Wildman–Crippen LogP) is 3.17. The Morgan fingerprint density at radius 3 is 2.73 bits per heavy atom. The van der Waals surface area contributed by atoms with Crippen molar-refractivity contribution in [1.29, 1.82) is 0 Å². The van der Waals surface area contributed by atoms with Gasteiger partial charge in [-0.25, -0.2) is 8.78 Å². The lowest BCUT2D eigenvalue weighted by Gasteiger charge is -2.10. The molecule has 2 aromatic heterocycles. The normalized spacial score (nSPS) is 11.7. The molecule has 0 aliphatic rings. The van der Waals surface area contributed by atoms with E-state index in [1.807, 2.05) is 0 Å². The molecule has 0 saturated heterocycles. The van der Waals surface area contributed by atoms with E-state index >= 15 is 0 Å². The largest absolute Gasteiger partial charge is 0.496 e. The number of pyridine rings is 1. The summed E-state index contributed by atoms with van der Waals surface area (Å²) in [5.41, 5.74) is 6.94. The highest BCUT2D eigenvalue weighted by atomic mass is 19.1. The van der Waals surface area contributed by atoms with Crippen LogP contribution in [-0.2, 0) is 6.42 Å². The highest BCUT2D eigenvalue weighted by Crippen LogP contribution is 2.25. The second-order valence-corrected chi connectivity index (χ2v) is 6.53. The van der Waals surface area contributed by atoms with E-state index in [0.717, 1.165) is 0 Å². The van der Waals surface area contributed by atoms with Crippen molar-refractivity contribution < 1.29 is 18.3 Å². The molecule has 3 rings (SSSR count). The molecular formula is C21H21F2N5O2. The molecule has 1 atom stereocenters. The first-order valence-corrected chi connectivity index (χ1v) is 9.27. The highest BCUT2D eigenvalue weighted by molar-refractivity contribution is 5.96. The number of carbonyl (C=O) groups excluding carboxylic acids is 1. The molecule has 0 radical (unpaired) electrons. The molecule has 0 unspecified atom stereocenters. The average Bonchev–Trinajstić information content (AvgIpc) is 2.75. The van der Waals surface area contributed by atoms with E-state index in [1.54, 1.807) is 30.3 Å². The molecule has 30 heavy (non-hydrogen) atoms. The topological polar surface area (TPSA) is 103 Å². The third kappa shape index (κ3) is 5.25. The van der Waals surface area contributed by atoms with Gasteiger partial charge in [0.25, 0.3) is 5.91 Å². The first-order valence-electron chi connectivity index (χ1n) is 9.27. The quantitative estimate of drug-likeness (QED) is 0.559. The van der Waals surface area contributed by atoms with E-state index < -0.39 is 17.9 Å². The maximum absolute atomic E-state index is 14.1. The fourth-order valence-electron chi connectivity index (χ4n) is 2.88. The van der Waals surface area contributed by atoms with E-state index in [2.05, 4.69) is 20.5 Å². The second kappa shape index (κ2) is 9.73. The van der Waals surface area contributed by atoms with Crippen LogP contribution in [0.3, 0.4) is 0 Å². The minimum absolute atomic E-state index is 0.0847. The number of methoxy groups -OCH3 is 1. The van der Waals surface area contributed by atoms with Gasteiger partial charge in [0.2, 0.25) is 0 Å². The van der Waals surface area contributed by atoms with E-state index in [-0.39, 0.29) is 24.1 Å². The van der Waals surface area contributed by atoms with Crippen LogP contribution in [0.5, 0.6) is 5.75 Å². The van der Waals surface area contributed by atoms with Gasteiger partial charge in [-0.3, -0.25) is 9.78 Å². The van der Waals surface area contributed by atoms with Gasteiger partial charge in [0.05, 0.1) is 24.1 Å². The minimum Gasteiger partial charge on any atom is -0.496 e. The summed E-state index contributed by atoms with van der Waals surface area (Å²) in [5.74, 6) is -0.263. The Balaban J connectivity index is 1.57. The number of aromatic nitrogens is 3. The minimum atomic E-state index is -1.24. The number of nitrogens with two attached hydrogens (primary N) is 1. The van der Waals surface area contributed by atoms with Crippen molar-refractivity contribution in [2.24, 2.45) is 5.73 Å². The van der Waals surface area contributed by atoms with Crippen LogP contribution in [-0.4, -0.2) is 40.9 Å². The van der Waals surface area contributed by atoms with Gasteiger partial charge in [-0.1, -0.05) is 0 Å². The fraction of sp³-hybridized carbons (Fsp3) is 0.238. The summed E-state index contributed by atoms with van der Waals surface area (Å²) >= 11 is 0. The summed E-state index contributed by atoms with van der Waals surface area (Å²) in [6.07, 6.45) is 0.287. The van der Waals surface area contributed by atoms with E-state index in [4.69, 9.17) is 10.5 Å². The third-order valence-corrected chi connectivity index (χ3v) is 4.44. The van der Waals surface area contributed by atoms with Crippen LogP contribution in [0.25, 0.3) is 11.3 Å². The van der Waals surface area contributed by atoms with Crippen molar-refractivity contribution in [3.8, 4) is 17.0 Å². The lowest BCUT2D eigenvalue weighted by molar-refractivity contribution is 0.0997. The SMILES string of the molecule is COc1ccc(-c2ccc(NCC[C@H](F)Cc3ncccc3F)nn2)cc1C(N)=O. The van der Waals surface area contributed by atoms with Crippen molar-refractivity contribution in [2.75, 3.05) is 19.0 Å². The molecular weight excluding hydrogens is 392 g/mol. The van der Waals surface area contributed by atoms with Crippen molar-refractivity contribution in [1.82, 2.24) is 15.2 Å². The number of nitrogens with one attached hydrogen (secondary N) is 1. The van der Waals surface area contributed by atoms with Crippen LogP contribution in [0.4, 0.5) is 14.6 Å². The van der Waals surface area contributed by atoms with Gasteiger partial charge in [0.15, 0.2) is 0 Å². The van der Waals surface area contributed by atoms with Crippen LogP contribution < -0.4 is 15.8 Å². The summed E-state index contributed by atoms with van der Waals surface area (Å²) in [6, 6.07) is 11.1. The van der Waals surface area contributed by atoms with E-state index in [9.17, 15) is 13.6 Å². The number of carbonyl (C=O) groups is 1. The molecule has 0 aliphatic heterocycles. The molecule has 0 aliphatic carbocycles. The number of benzene rings is 1. The van der Waals surface area contributed by atoms with Crippen LogP contribution in [0, 0.1) is 5.82 Å². The van der Waals surface area contributed by atoms with E-state index in [1.165, 1.54) is 25.4 Å². The number of ether oxygens (including phenoxy) is 1. The first-order chi connectivity index (χ1) is 14.5. The van der Waals surface area contributed by atoms with Gasteiger partial charge < -0.3 is 15.8 Å². The zero-order chi connectivity index (χ0) is 21.5. The Morgan fingerprint density at radius 2 is 2.07 bits per heavy atom. The summed E-state index contributed by atoms with van der Waals surface area (Å²) in [6.45, 7) is 0.304. The average molecular weight is 413 g/mol. The molecule has 7 nitrogen and oxygen atoms in total. The Morgan fingerprint density at radius 1 is 1.23 bits per heavy atom. The lowest BCUT2D eigenvalue weighted by atomic mass is 10.1. The molecule has 156 valence electrons. The highest BCUT2D eigenvalue weighted by Gasteiger charge is 2.13. The number of nitrogens with zero attached hydrogens (tertiary/aromatic N) is 3. The molecule has 9 heteroatoms. The summed E-state index contributed by atoms with van der Waals surface area (Å²) in [7, 11) is 1.45. The first kappa shape index (κ1) is 21.1. The maximum atomic E-state index is 14.1. The molecule has 0 fully saturated rings. The van der Waals surface area contributed by atoms with Gasteiger partial charge in [-0.2, -0.15) is 0 Å². The summed E-state index contributed by atoms with van der Waals surface area (Å²) in [4.78, 5) is 15.4. The predicted molar refractivity (Wildman–Crippen MR) is 108 cm³/mol. The number of alkyl halides is 1. The number of halogens is 2.